The van der Waals surface area contributed by atoms with E-state index in [1.165, 1.54) is 4.90 Å². The Balaban J connectivity index is 1.61. The highest BCUT2D eigenvalue weighted by Crippen LogP contribution is 2.52. The van der Waals surface area contributed by atoms with Crippen molar-refractivity contribution in [3.63, 3.8) is 0 Å². The van der Waals surface area contributed by atoms with E-state index in [1.54, 1.807) is 37.3 Å². The average Bonchev–Trinajstić information content (AvgIpc) is 3.23. The van der Waals surface area contributed by atoms with Crippen LogP contribution in [0.1, 0.15) is 17.3 Å². The number of carbonyl (C=O) groups is 3. The van der Waals surface area contributed by atoms with Gasteiger partial charge in [-0.25, -0.2) is 4.79 Å². The standard InChI is InChI=1S/C18H17NO6/c1-2-24-17(23)10-3-5-11(6-4-10)19-9-18-8-7-12(25-18)13(16(21)22)14(18)15(19)20/h3-8,12-14H,2,9H2,1H3,(H,21,22)/t12-,13-,14+,18+/m1/s1. The zero-order valence-electron chi connectivity index (χ0n) is 13.5. The second kappa shape index (κ2) is 5.42. The quantitative estimate of drug-likeness (QED) is 0.653. The van der Waals surface area contributed by atoms with Crippen LogP contribution in [0, 0.1) is 11.8 Å². The molecule has 4 atom stereocenters. The fourth-order valence-corrected chi connectivity index (χ4v) is 3.99. The molecule has 0 aromatic heterocycles. The molecule has 2 fully saturated rings. The third kappa shape index (κ3) is 2.19. The number of carboxylic acid groups (broad SMARTS) is 1. The summed E-state index contributed by atoms with van der Waals surface area (Å²) in [5.41, 5.74) is 0.132. The lowest BCUT2D eigenvalue weighted by molar-refractivity contribution is -0.146. The van der Waals surface area contributed by atoms with Crippen molar-refractivity contribution in [2.75, 3.05) is 18.1 Å². The van der Waals surface area contributed by atoms with Gasteiger partial charge in [-0.1, -0.05) is 12.2 Å². The molecule has 1 aromatic carbocycles. The summed E-state index contributed by atoms with van der Waals surface area (Å²) < 4.78 is 10.8. The van der Waals surface area contributed by atoms with Gasteiger partial charge in [0.2, 0.25) is 5.91 Å². The number of anilines is 1. The van der Waals surface area contributed by atoms with Crippen LogP contribution >= 0.6 is 0 Å². The molecule has 1 spiro atoms. The second-order valence-electron chi connectivity index (χ2n) is 6.43. The minimum atomic E-state index is -1.02. The van der Waals surface area contributed by atoms with E-state index in [-0.39, 0.29) is 19.1 Å². The first kappa shape index (κ1) is 15.8. The van der Waals surface area contributed by atoms with Gasteiger partial charge in [-0.05, 0) is 31.2 Å². The number of nitrogens with zero attached hydrogens (tertiary/aromatic N) is 1. The van der Waals surface area contributed by atoms with Crippen LogP contribution in [0.5, 0.6) is 0 Å². The Morgan fingerprint density at radius 2 is 2.08 bits per heavy atom. The van der Waals surface area contributed by atoms with Gasteiger partial charge in [-0.15, -0.1) is 0 Å². The van der Waals surface area contributed by atoms with E-state index in [1.807, 2.05) is 6.08 Å². The minimum absolute atomic E-state index is 0.261. The molecular formula is C18H17NO6. The van der Waals surface area contributed by atoms with Gasteiger partial charge in [0.15, 0.2) is 0 Å². The highest BCUT2D eigenvalue weighted by atomic mass is 16.5. The number of esters is 1. The van der Waals surface area contributed by atoms with Crippen LogP contribution in [0.15, 0.2) is 36.4 Å². The molecule has 3 aliphatic heterocycles. The van der Waals surface area contributed by atoms with Crippen molar-refractivity contribution in [2.45, 2.75) is 18.6 Å². The molecular weight excluding hydrogens is 326 g/mol. The Hall–Kier alpha value is -2.67. The smallest absolute Gasteiger partial charge is 0.338 e. The predicted octanol–water partition coefficient (Wildman–Crippen LogP) is 1.23. The molecule has 7 nitrogen and oxygen atoms in total. The molecule has 3 heterocycles. The Bertz CT molecular complexity index is 785. The van der Waals surface area contributed by atoms with Crippen molar-refractivity contribution in [2.24, 2.45) is 11.8 Å². The maximum Gasteiger partial charge on any atom is 0.338 e. The molecule has 0 unspecified atom stereocenters. The molecule has 3 aliphatic rings. The predicted molar refractivity (Wildman–Crippen MR) is 86.1 cm³/mol. The number of amides is 1. The molecule has 0 aliphatic carbocycles. The van der Waals surface area contributed by atoms with Crippen molar-refractivity contribution < 1.29 is 29.0 Å². The summed E-state index contributed by atoms with van der Waals surface area (Å²) in [5.74, 6) is -3.28. The molecule has 1 amide bonds. The first-order valence-corrected chi connectivity index (χ1v) is 8.15. The van der Waals surface area contributed by atoms with E-state index in [2.05, 4.69) is 0 Å². The number of carbonyl (C=O) groups excluding carboxylic acids is 2. The van der Waals surface area contributed by atoms with Crippen molar-refractivity contribution >= 4 is 23.5 Å². The first-order chi connectivity index (χ1) is 12.0. The summed E-state index contributed by atoms with van der Waals surface area (Å²) >= 11 is 0. The summed E-state index contributed by atoms with van der Waals surface area (Å²) in [5, 5.41) is 9.47. The Labute approximate surface area is 143 Å². The SMILES string of the molecule is CCOC(=O)c1ccc(N2C[C@]34C=C[C@@H](O3)[C@@H](C(=O)O)[C@H]4C2=O)cc1. The average molecular weight is 343 g/mol. The van der Waals surface area contributed by atoms with Crippen LogP contribution in [0.25, 0.3) is 0 Å². The Morgan fingerprint density at radius 3 is 2.72 bits per heavy atom. The summed E-state index contributed by atoms with van der Waals surface area (Å²) in [6.07, 6.45) is 3.00. The first-order valence-electron chi connectivity index (χ1n) is 8.15. The molecule has 0 radical (unpaired) electrons. The highest BCUT2D eigenvalue weighted by molar-refractivity contribution is 6.02. The fourth-order valence-electron chi connectivity index (χ4n) is 3.99. The van der Waals surface area contributed by atoms with Gasteiger partial charge in [-0.3, -0.25) is 9.59 Å². The topological polar surface area (TPSA) is 93.1 Å². The number of carboxylic acids is 1. The Morgan fingerprint density at radius 1 is 1.36 bits per heavy atom. The largest absolute Gasteiger partial charge is 0.481 e. The van der Waals surface area contributed by atoms with E-state index < -0.39 is 35.5 Å². The number of rotatable bonds is 4. The van der Waals surface area contributed by atoms with Gasteiger partial charge in [0.05, 0.1) is 30.7 Å². The van der Waals surface area contributed by atoms with E-state index in [0.717, 1.165) is 0 Å². The highest BCUT2D eigenvalue weighted by Gasteiger charge is 2.67. The monoisotopic (exact) mass is 343 g/mol. The molecule has 1 aromatic rings. The van der Waals surface area contributed by atoms with Crippen molar-refractivity contribution in [3.05, 3.63) is 42.0 Å². The molecule has 130 valence electrons. The van der Waals surface area contributed by atoms with Gasteiger partial charge < -0.3 is 19.5 Å². The zero-order chi connectivity index (χ0) is 17.8. The van der Waals surface area contributed by atoms with Gasteiger partial charge in [0.25, 0.3) is 0 Å². The maximum atomic E-state index is 12.9. The van der Waals surface area contributed by atoms with Crippen molar-refractivity contribution in [1.82, 2.24) is 0 Å². The van der Waals surface area contributed by atoms with Gasteiger partial charge in [-0.2, -0.15) is 0 Å². The van der Waals surface area contributed by atoms with Gasteiger partial charge in [0.1, 0.15) is 11.5 Å². The molecule has 2 saturated heterocycles. The molecule has 7 heteroatoms. The third-order valence-corrected chi connectivity index (χ3v) is 5.08. The van der Waals surface area contributed by atoms with Crippen LogP contribution in [0.4, 0.5) is 5.69 Å². The normalized spacial score (nSPS) is 32.1. The number of hydrogen-bond acceptors (Lipinski definition) is 5. The summed E-state index contributed by atoms with van der Waals surface area (Å²) in [6, 6.07) is 6.51. The van der Waals surface area contributed by atoms with E-state index in [4.69, 9.17) is 9.47 Å². The van der Waals surface area contributed by atoms with Crippen LogP contribution in [0.2, 0.25) is 0 Å². The molecule has 0 saturated carbocycles. The summed E-state index contributed by atoms with van der Waals surface area (Å²) in [7, 11) is 0. The zero-order valence-corrected chi connectivity index (χ0v) is 13.5. The number of ether oxygens (including phenoxy) is 2. The number of aliphatic carboxylic acids is 1. The van der Waals surface area contributed by atoms with E-state index in [9.17, 15) is 19.5 Å². The van der Waals surface area contributed by atoms with Crippen LogP contribution < -0.4 is 4.90 Å². The van der Waals surface area contributed by atoms with Gasteiger partial charge >= 0.3 is 11.9 Å². The number of benzene rings is 1. The van der Waals surface area contributed by atoms with E-state index in [0.29, 0.717) is 11.3 Å². The summed E-state index contributed by atoms with van der Waals surface area (Å²) in [4.78, 5) is 37.7. The Kier molecular flexibility index (Phi) is 3.43. The maximum absolute atomic E-state index is 12.9. The van der Waals surface area contributed by atoms with Gasteiger partial charge in [0, 0.05) is 5.69 Å². The summed E-state index contributed by atoms with van der Waals surface area (Å²) in [6.45, 7) is 2.29. The van der Waals surface area contributed by atoms with E-state index >= 15 is 0 Å². The molecule has 25 heavy (non-hydrogen) atoms. The van der Waals surface area contributed by atoms with Crippen molar-refractivity contribution in [3.8, 4) is 0 Å². The second-order valence-corrected chi connectivity index (χ2v) is 6.43. The third-order valence-electron chi connectivity index (χ3n) is 5.08. The number of fused-ring (bicyclic) bond motifs is 1. The molecule has 4 rings (SSSR count). The fraction of sp³-hybridized carbons (Fsp3) is 0.389. The van der Waals surface area contributed by atoms with Crippen LogP contribution in [-0.4, -0.2) is 47.8 Å². The van der Waals surface area contributed by atoms with Crippen LogP contribution in [-0.2, 0) is 19.1 Å². The lowest BCUT2D eigenvalue weighted by Gasteiger charge is -2.21. The number of hydrogen-bond donors (Lipinski definition) is 1. The van der Waals surface area contributed by atoms with Crippen LogP contribution in [0.3, 0.4) is 0 Å². The van der Waals surface area contributed by atoms with Crippen molar-refractivity contribution in [1.29, 1.82) is 0 Å². The lowest BCUT2D eigenvalue weighted by atomic mass is 9.77. The molecule has 1 N–H and O–H groups in total. The minimum Gasteiger partial charge on any atom is -0.481 e. The lowest BCUT2D eigenvalue weighted by Crippen LogP contribution is -2.39. The molecule has 2 bridgehead atoms.